The van der Waals surface area contributed by atoms with Crippen LogP contribution in [0.4, 0.5) is 0 Å². The highest BCUT2D eigenvalue weighted by atomic mass is 35.5. The third-order valence-corrected chi connectivity index (χ3v) is 3.73. The van der Waals surface area contributed by atoms with Gasteiger partial charge in [-0.1, -0.05) is 29.8 Å². The van der Waals surface area contributed by atoms with Gasteiger partial charge in [0.2, 0.25) is 11.8 Å². The molecule has 20 heavy (non-hydrogen) atoms. The molecule has 1 saturated heterocycles. The minimum atomic E-state index is -0.388. The fraction of sp³-hybridized carbons (Fsp3) is 0.467. The maximum absolute atomic E-state index is 12.1. The highest BCUT2D eigenvalue weighted by molar-refractivity contribution is 6.31. The van der Waals surface area contributed by atoms with Gasteiger partial charge in [-0.2, -0.15) is 0 Å². The lowest BCUT2D eigenvalue weighted by Gasteiger charge is -2.25. The molecule has 1 heterocycles. The van der Waals surface area contributed by atoms with Crippen molar-refractivity contribution in [2.75, 3.05) is 0 Å². The number of hydrogen-bond donors (Lipinski definition) is 1. The first-order valence-corrected chi connectivity index (χ1v) is 7.20. The van der Waals surface area contributed by atoms with Gasteiger partial charge in [-0.15, -0.1) is 0 Å². The van der Waals surface area contributed by atoms with Gasteiger partial charge in [0.05, 0.1) is 0 Å². The number of carbonyl (C=O) groups is 2. The van der Waals surface area contributed by atoms with Crippen molar-refractivity contribution in [2.45, 2.75) is 45.3 Å². The summed E-state index contributed by atoms with van der Waals surface area (Å²) in [5, 5.41) is 3.49. The Hall–Kier alpha value is -1.55. The first-order chi connectivity index (χ1) is 9.49. The molecule has 0 saturated carbocycles. The fourth-order valence-corrected chi connectivity index (χ4v) is 2.59. The number of benzene rings is 1. The first kappa shape index (κ1) is 14.9. The number of carbonyl (C=O) groups excluding carboxylic acids is 2. The monoisotopic (exact) mass is 294 g/mol. The Morgan fingerprint density at radius 1 is 1.45 bits per heavy atom. The lowest BCUT2D eigenvalue weighted by atomic mass is 10.1. The molecule has 1 atom stereocenters. The first-order valence-electron chi connectivity index (χ1n) is 6.82. The topological polar surface area (TPSA) is 49.4 Å². The number of likely N-dealkylation sites (tertiary alicyclic amines) is 1. The van der Waals surface area contributed by atoms with Crippen LogP contribution in [0.1, 0.15) is 32.3 Å². The second-order valence-corrected chi connectivity index (χ2v) is 5.74. The van der Waals surface area contributed by atoms with Gasteiger partial charge in [0.1, 0.15) is 6.04 Å². The van der Waals surface area contributed by atoms with Crippen molar-refractivity contribution in [3.05, 3.63) is 34.9 Å². The zero-order chi connectivity index (χ0) is 14.7. The standard InChI is InChI=1S/C15H19ClN2O2/c1-10(2)17-15(20)13-7-8-14(19)18(13)9-11-5-3-4-6-12(11)16/h3-6,10,13H,7-9H2,1-2H3,(H,17,20)/t13-/m1/s1. The zero-order valence-electron chi connectivity index (χ0n) is 11.7. The molecule has 2 amide bonds. The van der Waals surface area contributed by atoms with E-state index in [0.29, 0.717) is 24.4 Å². The van der Waals surface area contributed by atoms with Crippen LogP contribution in [0.15, 0.2) is 24.3 Å². The number of nitrogens with zero attached hydrogens (tertiary/aromatic N) is 1. The van der Waals surface area contributed by atoms with Gasteiger partial charge >= 0.3 is 0 Å². The number of halogens is 1. The van der Waals surface area contributed by atoms with E-state index in [4.69, 9.17) is 11.6 Å². The van der Waals surface area contributed by atoms with Crippen LogP contribution in [0.25, 0.3) is 0 Å². The van der Waals surface area contributed by atoms with Crippen molar-refractivity contribution in [3.8, 4) is 0 Å². The molecule has 1 aliphatic rings. The third kappa shape index (κ3) is 3.31. The molecule has 108 valence electrons. The Balaban J connectivity index is 2.13. The summed E-state index contributed by atoms with van der Waals surface area (Å²) in [5.41, 5.74) is 0.867. The Morgan fingerprint density at radius 2 is 2.15 bits per heavy atom. The van der Waals surface area contributed by atoms with Crippen LogP contribution in [0.5, 0.6) is 0 Å². The van der Waals surface area contributed by atoms with E-state index in [1.807, 2.05) is 32.0 Å². The summed E-state index contributed by atoms with van der Waals surface area (Å²) in [7, 11) is 0. The van der Waals surface area contributed by atoms with Crippen molar-refractivity contribution in [1.29, 1.82) is 0 Å². The van der Waals surface area contributed by atoms with Crippen LogP contribution in [-0.4, -0.2) is 28.8 Å². The maximum atomic E-state index is 12.1. The Morgan fingerprint density at radius 3 is 2.80 bits per heavy atom. The Labute approximate surface area is 124 Å². The highest BCUT2D eigenvalue weighted by Crippen LogP contribution is 2.24. The molecule has 1 fully saturated rings. The van der Waals surface area contributed by atoms with E-state index < -0.39 is 0 Å². The lowest BCUT2D eigenvalue weighted by molar-refractivity contribution is -0.136. The van der Waals surface area contributed by atoms with Crippen LogP contribution in [0.2, 0.25) is 5.02 Å². The van der Waals surface area contributed by atoms with E-state index in [2.05, 4.69) is 5.32 Å². The molecule has 0 bridgehead atoms. The second kappa shape index (κ2) is 6.27. The van der Waals surface area contributed by atoms with Crippen molar-refractivity contribution in [1.82, 2.24) is 10.2 Å². The summed E-state index contributed by atoms with van der Waals surface area (Å²) in [4.78, 5) is 25.8. The van der Waals surface area contributed by atoms with Crippen LogP contribution in [0.3, 0.4) is 0 Å². The van der Waals surface area contributed by atoms with Gasteiger partial charge in [0.25, 0.3) is 0 Å². The largest absolute Gasteiger partial charge is 0.352 e. The summed E-state index contributed by atoms with van der Waals surface area (Å²) < 4.78 is 0. The lowest BCUT2D eigenvalue weighted by Crippen LogP contribution is -2.46. The quantitative estimate of drug-likeness (QED) is 0.927. The molecule has 0 spiro atoms. The van der Waals surface area contributed by atoms with E-state index in [9.17, 15) is 9.59 Å². The number of amides is 2. The van der Waals surface area contributed by atoms with E-state index in [1.165, 1.54) is 0 Å². The van der Waals surface area contributed by atoms with Crippen molar-refractivity contribution < 1.29 is 9.59 Å². The van der Waals surface area contributed by atoms with Gasteiger partial charge in [-0.3, -0.25) is 9.59 Å². The molecule has 5 heteroatoms. The molecular weight excluding hydrogens is 276 g/mol. The van der Waals surface area contributed by atoms with Crippen LogP contribution in [-0.2, 0) is 16.1 Å². The summed E-state index contributed by atoms with van der Waals surface area (Å²) in [5.74, 6) is -0.0771. The predicted octanol–water partition coefficient (Wildman–Crippen LogP) is 2.36. The summed E-state index contributed by atoms with van der Waals surface area (Å²) in [6, 6.07) is 7.08. The normalized spacial score (nSPS) is 18.7. The summed E-state index contributed by atoms with van der Waals surface area (Å²) >= 11 is 6.12. The smallest absolute Gasteiger partial charge is 0.243 e. The average molecular weight is 295 g/mol. The third-order valence-electron chi connectivity index (χ3n) is 3.36. The van der Waals surface area contributed by atoms with Gasteiger partial charge in [0, 0.05) is 24.0 Å². The predicted molar refractivity (Wildman–Crippen MR) is 78.3 cm³/mol. The highest BCUT2D eigenvalue weighted by Gasteiger charge is 2.36. The molecule has 0 unspecified atom stereocenters. The van der Waals surface area contributed by atoms with E-state index >= 15 is 0 Å². The Kier molecular flexibility index (Phi) is 4.65. The molecule has 2 rings (SSSR count). The van der Waals surface area contributed by atoms with Crippen LogP contribution in [0, 0.1) is 0 Å². The van der Waals surface area contributed by atoms with Gasteiger partial charge in [-0.25, -0.2) is 0 Å². The van der Waals surface area contributed by atoms with Gasteiger partial charge < -0.3 is 10.2 Å². The fourth-order valence-electron chi connectivity index (χ4n) is 2.40. The van der Waals surface area contributed by atoms with Crippen LogP contribution >= 0.6 is 11.6 Å². The van der Waals surface area contributed by atoms with Gasteiger partial charge in [0.15, 0.2) is 0 Å². The number of rotatable bonds is 4. The zero-order valence-corrected chi connectivity index (χ0v) is 12.5. The minimum absolute atomic E-state index is 0.00817. The van der Waals surface area contributed by atoms with Crippen molar-refractivity contribution in [3.63, 3.8) is 0 Å². The van der Waals surface area contributed by atoms with Crippen molar-refractivity contribution in [2.24, 2.45) is 0 Å². The van der Waals surface area contributed by atoms with E-state index in [1.54, 1.807) is 11.0 Å². The molecule has 1 aliphatic heterocycles. The molecule has 1 aromatic carbocycles. The van der Waals surface area contributed by atoms with E-state index in [-0.39, 0.29) is 23.9 Å². The summed E-state index contributed by atoms with van der Waals surface area (Å²) in [6.45, 7) is 4.20. The molecule has 4 nitrogen and oxygen atoms in total. The van der Waals surface area contributed by atoms with Gasteiger partial charge in [-0.05, 0) is 31.9 Å². The molecule has 0 aliphatic carbocycles. The molecule has 0 aromatic heterocycles. The molecular formula is C15H19ClN2O2. The molecule has 1 aromatic rings. The number of nitrogens with one attached hydrogen (secondary N) is 1. The average Bonchev–Trinajstić information content (AvgIpc) is 2.73. The van der Waals surface area contributed by atoms with Crippen LogP contribution < -0.4 is 5.32 Å². The summed E-state index contributed by atoms with van der Waals surface area (Å²) in [6.07, 6.45) is 0.989. The second-order valence-electron chi connectivity index (χ2n) is 5.33. The SMILES string of the molecule is CC(C)NC(=O)[C@H]1CCC(=O)N1Cc1ccccc1Cl. The van der Waals surface area contributed by atoms with E-state index in [0.717, 1.165) is 5.56 Å². The minimum Gasteiger partial charge on any atom is -0.352 e. The maximum Gasteiger partial charge on any atom is 0.243 e. The molecule has 0 radical (unpaired) electrons. The molecule has 1 N–H and O–H groups in total. The Bertz CT molecular complexity index is 516. The number of hydrogen-bond acceptors (Lipinski definition) is 2. The van der Waals surface area contributed by atoms with Crippen molar-refractivity contribution >= 4 is 23.4 Å².